The van der Waals surface area contributed by atoms with E-state index in [1.165, 1.54) is 18.2 Å². The van der Waals surface area contributed by atoms with Crippen molar-refractivity contribution in [1.29, 1.82) is 0 Å². The monoisotopic (exact) mass is 454 g/mol. The molecular weight excluding hydrogens is 439 g/mol. The van der Waals surface area contributed by atoms with E-state index < -0.39 is 5.97 Å². The first-order valence-electron chi connectivity index (χ1n) is 8.85. The molecule has 0 aliphatic carbocycles. The molecule has 0 spiro atoms. The molecule has 5 nitrogen and oxygen atoms in total. The normalized spacial score (nSPS) is 11.0. The number of nitrogens with zero attached hydrogens (tertiary/aromatic N) is 2. The predicted molar refractivity (Wildman–Crippen MR) is 111 cm³/mol. The zero-order chi connectivity index (χ0) is 20.4. The summed E-state index contributed by atoms with van der Waals surface area (Å²) in [5.41, 5.74) is 2.33. The minimum absolute atomic E-state index is 0.121. The Hall–Kier alpha value is -3.19. The van der Waals surface area contributed by atoms with Crippen molar-refractivity contribution in [3.05, 3.63) is 94.0 Å². The van der Waals surface area contributed by atoms with E-state index in [1.807, 2.05) is 28.8 Å². The van der Waals surface area contributed by atoms with Crippen LogP contribution in [0.15, 0.2) is 71.2 Å². The molecule has 0 amide bonds. The minimum atomic E-state index is -1.02. The van der Waals surface area contributed by atoms with Gasteiger partial charge in [0.2, 0.25) is 0 Å². The van der Waals surface area contributed by atoms with Gasteiger partial charge < -0.3 is 14.4 Å². The van der Waals surface area contributed by atoms with Crippen molar-refractivity contribution < 1.29 is 19.0 Å². The van der Waals surface area contributed by atoms with E-state index in [9.17, 15) is 9.18 Å². The van der Waals surface area contributed by atoms with Gasteiger partial charge in [-0.2, -0.15) is 0 Å². The second-order valence-electron chi connectivity index (χ2n) is 6.46. The fourth-order valence-electron chi connectivity index (χ4n) is 3.10. The molecule has 0 saturated carbocycles. The van der Waals surface area contributed by atoms with E-state index in [1.54, 1.807) is 24.3 Å². The fraction of sp³-hybridized carbons (Fsp3) is 0.0909. The smallest absolute Gasteiger partial charge is 0.335 e. The Labute approximate surface area is 174 Å². The van der Waals surface area contributed by atoms with Crippen LogP contribution in [0.3, 0.4) is 0 Å². The largest absolute Gasteiger partial charge is 0.486 e. The summed E-state index contributed by atoms with van der Waals surface area (Å²) >= 11 is 3.27. The Morgan fingerprint density at radius 3 is 2.72 bits per heavy atom. The summed E-state index contributed by atoms with van der Waals surface area (Å²) in [6.45, 7) is 0.420. The number of carboxylic acid groups (broad SMARTS) is 1. The second-order valence-corrected chi connectivity index (χ2v) is 7.38. The predicted octanol–water partition coefficient (Wildman–Crippen LogP) is 5.26. The molecule has 3 aromatic carbocycles. The van der Waals surface area contributed by atoms with E-state index in [0.29, 0.717) is 28.2 Å². The third kappa shape index (κ3) is 4.14. The van der Waals surface area contributed by atoms with Crippen molar-refractivity contribution in [3.8, 4) is 5.75 Å². The third-order valence-corrected chi connectivity index (χ3v) is 5.02. The number of aromatic carboxylic acids is 1. The first-order valence-corrected chi connectivity index (χ1v) is 9.65. The van der Waals surface area contributed by atoms with Gasteiger partial charge in [-0.25, -0.2) is 14.2 Å². The van der Waals surface area contributed by atoms with Crippen LogP contribution >= 0.6 is 15.9 Å². The summed E-state index contributed by atoms with van der Waals surface area (Å²) in [5.74, 6) is -0.279. The Morgan fingerprint density at radius 2 is 1.93 bits per heavy atom. The molecule has 7 heteroatoms. The number of hydrogen-bond donors (Lipinski definition) is 1. The molecule has 0 radical (unpaired) electrons. The number of carbonyl (C=O) groups is 1. The summed E-state index contributed by atoms with van der Waals surface area (Å²) in [5, 5.41) is 9.13. The lowest BCUT2D eigenvalue weighted by Crippen LogP contribution is -2.09. The Bertz CT molecular complexity index is 1210. The van der Waals surface area contributed by atoms with Gasteiger partial charge in [-0.3, -0.25) is 0 Å². The van der Waals surface area contributed by atoms with Crippen molar-refractivity contribution in [2.24, 2.45) is 0 Å². The van der Waals surface area contributed by atoms with Gasteiger partial charge in [0.15, 0.2) is 0 Å². The molecule has 0 saturated heterocycles. The van der Waals surface area contributed by atoms with Gasteiger partial charge in [-0.05, 0) is 42.5 Å². The summed E-state index contributed by atoms with van der Waals surface area (Å²) in [4.78, 5) is 15.8. The number of imidazole rings is 1. The molecule has 0 unspecified atom stereocenters. The lowest BCUT2D eigenvalue weighted by atomic mass is 10.2. The van der Waals surface area contributed by atoms with E-state index in [-0.39, 0.29) is 18.0 Å². The lowest BCUT2D eigenvalue weighted by molar-refractivity contribution is 0.0696. The highest BCUT2D eigenvalue weighted by Gasteiger charge is 2.14. The number of fused-ring (bicyclic) bond motifs is 1. The topological polar surface area (TPSA) is 64.3 Å². The maximum absolute atomic E-state index is 14.4. The highest BCUT2D eigenvalue weighted by molar-refractivity contribution is 9.10. The van der Waals surface area contributed by atoms with Crippen LogP contribution in [-0.4, -0.2) is 20.6 Å². The van der Waals surface area contributed by atoms with Crippen LogP contribution in [0.5, 0.6) is 5.75 Å². The van der Waals surface area contributed by atoms with E-state index >= 15 is 0 Å². The van der Waals surface area contributed by atoms with Gasteiger partial charge in [0, 0.05) is 10.0 Å². The Morgan fingerprint density at radius 1 is 1.10 bits per heavy atom. The zero-order valence-corrected chi connectivity index (χ0v) is 16.8. The summed E-state index contributed by atoms with van der Waals surface area (Å²) < 4.78 is 22.8. The Balaban J connectivity index is 1.66. The van der Waals surface area contributed by atoms with Crippen molar-refractivity contribution in [3.63, 3.8) is 0 Å². The van der Waals surface area contributed by atoms with Crippen molar-refractivity contribution in [2.45, 2.75) is 13.2 Å². The van der Waals surface area contributed by atoms with Gasteiger partial charge in [0.05, 0.1) is 23.1 Å². The highest BCUT2D eigenvalue weighted by Crippen LogP contribution is 2.22. The molecule has 146 valence electrons. The van der Waals surface area contributed by atoms with Crippen LogP contribution in [0.4, 0.5) is 4.39 Å². The quantitative estimate of drug-likeness (QED) is 0.431. The molecule has 1 N–H and O–H groups in total. The maximum atomic E-state index is 14.4. The number of carboxylic acids is 1. The Kier molecular flexibility index (Phi) is 5.31. The molecular formula is C22H16BrFN2O3. The van der Waals surface area contributed by atoms with Gasteiger partial charge in [0.1, 0.15) is 24.0 Å². The summed E-state index contributed by atoms with van der Waals surface area (Å²) in [6.07, 6.45) is 0. The number of ether oxygens (including phenoxy) is 1. The van der Waals surface area contributed by atoms with Gasteiger partial charge in [-0.15, -0.1) is 0 Å². The SMILES string of the molecule is O=C(O)c1cccc(OCc2nc3ccccc3n2Cc2ccc(Br)cc2F)c1. The molecule has 1 aromatic heterocycles. The second kappa shape index (κ2) is 8.05. The van der Waals surface area contributed by atoms with Crippen molar-refractivity contribution in [1.82, 2.24) is 9.55 Å². The van der Waals surface area contributed by atoms with Crippen LogP contribution in [0.1, 0.15) is 21.7 Å². The van der Waals surface area contributed by atoms with Crippen LogP contribution in [0.2, 0.25) is 0 Å². The average molecular weight is 455 g/mol. The van der Waals surface area contributed by atoms with Crippen molar-refractivity contribution in [2.75, 3.05) is 0 Å². The summed E-state index contributed by atoms with van der Waals surface area (Å²) in [7, 11) is 0. The first kappa shape index (κ1) is 19.1. The van der Waals surface area contributed by atoms with Gasteiger partial charge >= 0.3 is 5.97 Å². The maximum Gasteiger partial charge on any atom is 0.335 e. The molecule has 4 rings (SSSR count). The molecule has 0 aliphatic rings. The minimum Gasteiger partial charge on any atom is -0.486 e. The standard InChI is InChI=1S/C22H16BrFN2O3/c23-16-9-8-15(18(24)11-16)12-26-20-7-2-1-6-19(20)25-21(26)13-29-17-5-3-4-14(10-17)22(27)28/h1-11H,12-13H2,(H,27,28). The number of para-hydroxylation sites is 2. The van der Waals surface area contributed by atoms with Crippen molar-refractivity contribution >= 4 is 32.9 Å². The molecule has 29 heavy (non-hydrogen) atoms. The number of halogens is 2. The van der Waals surface area contributed by atoms with E-state index in [0.717, 1.165) is 11.0 Å². The van der Waals surface area contributed by atoms with E-state index in [2.05, 4.69) is 20.9 Å². The highest BCUT2D eigenvalue weighted by atomic mass is 79.9. The zero-order valence-electron chi connectivity index (χ0n) is 15.2. The summed E-state index contributed by atoms with van der Waals surface area (Å²) in [6, 6.07) is 18.8. The van der Waals surface area contributed by atoms with Crippen LogP contribution in [0, 0.1) is 5.82 Å². The van der Waals surface area contributed by atoms with Crippen LogP contribution < -0.4 is 4.74 Å². The molecule has 4 aromatic rings. The first-order chi connectivity index (χ1) is 14.0. The average Bonchev–Trinajstić information content (AvgIpc) is 3.06. The number of benzene rings is 3. The molecule has 0 fully saturated rings. The molecule has 0 aliphatic heterocycles. The molecule has 0 bridgehead atoms. The number of aromatic nitrogens is 2. The van der Waals surface area contributed by atoms with Crippen LogP contribution in [0.25, 0.3) is 11.0 Å². The molecule has 1 heterocycles. The fourth-order valence-corrected chi connectivity index (χ4v) is 3.43. The van der Waals surface area contributed by atoms with E-state index in [4.69, 9.17) is 9.84 Å². The molecule has 0 atom stereocenters. The third-order valence-electron chi connectivity index (χ3n) is 4.53. The number of rotatable bonds is 6. The lowest BCUT2D eigenvalue weighted by Gasteiger charge is -2.12. The number of hydrogen-bond acceptors (Lipinski definition) is 3. The van der Waals surface area contributed by atoms with Crippen LogP contribution in [-0.2, 0) is 13.2 Å². The van der Waals surface area contributed by atoms with Gasteiger partial charge in [-0.1, -0.05) is 40.2 Å². The van der Waals surface area contributed by atoms with Gasteiger partial charge in [0.25, 0.3) is 0 Å².